The van der Waals surface area contributed by atoms with Crippen molar-refractivity contribution < 1.29 is 18.3 Å². The average Bonchev–Trinajstić information content (AvgIpc) is 2.87. The second-order valence-electron chi connectivity index (χ2n) is 6.42. The van der Waals surface area contributed by atoms with Crippen molar-refractivity contribution in [1.82, 2.24) is 9.78 Å². The van der Waals surface area contributed by atoms with E-state index >= 15 is 0 Å². The highest BCUT2D eigenvalue weighted by atomic mass is 79.9. The van der Waals surface area contributed by atoms with E-state index < -0.39 is 16.6 Å². The van der Waals surface area contributed by atoms with E-state index in [0.717, 1.165) is 5.75 Å². The summed E-state index contributed by atoms with van der Waals surface area (Å²) in [6, 6.07) is 2.89. The highest BCUT2D eigenvalue weighted by Gasteiger charge is 2.20. The van der Waals surface area contributed by atoms with Crippen LogP contribution in [0.3, 0.4) is 0 Å². The molecule has 0 radical (unpaired) electrons. The minimum atomic E-state index is -2.99. The third kappa shape index (κ3) is 5.73. The van der Waals surface area contributed by atoms with Crippen LogP contribution < -0.4 is 10.5 Å². The molecule has 5 nitrogen and oxygen atoms in total. The summed E-state index contributed by atoms with van der Waals surface area (Å²) in [7, 11) is -0.670. The molecular weight excluding hydrogens is 452 g/mol. The fourth-order valence-corrected chi connectivity index (χ4v) is 3.27. The Morgan fingerprint density at radius 1 is 1.35 bits per heavy atom. The highest BCUT2D eigenvalue weighted by molar-refractivity contribution is 9.10. The Morgan fingerprint density at radius 3 is 2.65 bits per heavy atom. The van der Waals surface area contributed by atoms with Crippen LogP contribution in [0.2, 0.25) is 5.02 Å². The first-order chi connectivity index (χ1) is 12.1. The molecule has 26 heavy (non-hydrogen) atoms. The minimum Gasteiger partial charge on any atom is -0.434 e. The lowest BCUT2D eigenvalue weighted by atomic mass is 10.1. The Balaban J connectivity index is 2.31. The number of halogens is 4. The summed E-state index contributed by atoms with van der Waals surface area (Å²) in [4.78, 5) is 0. The van der Waals surface area contributed by atoms with Gasteiger partial charge in [0.2, 0.25) is 0 Å². The summed E-state index contributed by atoms with van der Waals surface area (Å²) in [5.41, 5.74) is 7.11. The molecule has 0 fully saturated rings. The van der Waals surface area contributed by atoms with E-state index in [1.807, 2.05) is 0 Å². The monoisotopic (exact) mass is 471 g/mol. The molecule has 1 aromatic heterocycles. The molecule has 2 rings (SSSR count). The first-order valence-corrected chi connectivity index (χ1v) is 11.8. The summed E-state index contributed by atoms with van der Waals surface area (Å²) in [6.45, 7) is -2.27. The van der Waals surface area contributed by atoms with Crippen molar-refractivity contribution in [2.75, 3.05) is 36.9 Å². The molecule has 0 spiro atoms. The standard InChI is InChI=1S/C16H21BrClF2N3O2S/c1-26(2,3)5-4-24-9-23-15(13(21)8-22-23)10-6-11(17)12(18)7-14(10)25-16(19)20/h6-8,16H,4-5,9,21H2,1-3H3. The predicted molar refractivity (Wildman–Crippen MR) is 108 cm³/mol. The topological polar surface area (TPSA) is 62.3 Å². The predicted octanol–water partition coefficient (Wildman–Crippen LogP) is 4.82. The molecule has 0 bridgehead atoms. The molecule has 0 aliphatic carbocycles. The van der Waals surface area contributed by atoms with Crippen molar-refractivity contribution in [3.63, 3.8) is 0 Å². The molecule has 2 N–H and O–H groups in total. The average molecular weight is 473 g/mol. The number of anilines is 1. The number of alkyl halides is 2. The van der Waals surface area contributed by atoms with Crippen LogP contribution in [0.1, 0.15) is 0 Å². The molecule has 0 atom stereocenters. The number of nitrogens with two attached hydrogens (primary N) is 1. The molecule has 0 saturated heterocycles. The van der Waals surface area contributed by atoms with Gasteiger partial charge in [0.1, 0.15) is 12.5 Å². The molecule has 2 aromatic rings. The Labute approximate surface area is 166 Å². The highest BCUT2D eigenvalue weighted by Crippen LogP contribution is 2.40. The van der Waals surface area contributed by atoms with Gasteiger partial charge in [-0.3, -0.25) is 0 Å². The van der Waals surface area contributed by atoms with Gasteiger partial charge in [-0.1, -0.05) is 11.6 Å². The van der Waals surface area contributed by atoms with Crippen LogP contribution in [0.15, 0.2) is 22.8 Å². The SMILES string of the molecule is CS(C)(C)CCOCn1ncc(N)c1-c1cc(Br)c(Cl)cc1OC(F)F. The van der Waals surface area contributed by atoms with Crippen molar-refractivity contribution in [2.24, 2.45) is 0 Å². The van der Waals surface area contributed by atoms with Crippen molar-refractivity contribution in [1.29, 1.82) is 0 Å². The number of nitrogen functional groups attached to an aromatic ring is 1. The van der Waals surface area contributed by atoms with Crippen LogP contribution in [0.4, 0.5) is 14.5 Å². The molecular formula is C16H21BrClF2N3O2S. The van der Waals surface area contributed by atoms with Crippen molar-refractivity contribution in [3.8, 4) is 17.0 Å². The molecule has 1 heterocycles. The molecule has 0 saturated carbocycles. The summed E-state index contributed by atoms with van der Waals surface area (Å²) in [5, 5.41) is 4.43. The van der Waals surface area contributed by atoms with Gasteiger partial charge in [-0.25, -0.2) is 14.7 Å². The number of benzene rings is 1. The molecule has 146 valence electrons. The van der Waals surface area contributed by atoms with Gasteiger partial charge in [0.15, 0.2) is 0 Å². The number of aromatic nitrogens is 2. The van der Waals surface area contributed by atoms with Crippen LogP contribution in [-0.2, 0) is 11.5 Å². The lowest BCUT2D eigenvalue weighted by Gasteiger charge is -2.24. The Hall–Kier alpha value is -1.03. The Kier molecular flexibility index (Phi) is 7.18. The second-order valence-corrected chi connectivity index (χ2v) is 12.3. The van der Waals surface area contributed by atoms with E-state index in [0.29, 0.717) is 28.0 Å². The quantitative estimate of drug-likeness (QED) is 0.560. The van der Waals surface area contributed by atoms with Gasteiger partial charge >= 0.3 is 6.61 Å². The van der Waals surface area contributed by atoms with Crippen molar-refractivity contribution >= 4 is 43.2 Å². The zero-order valence-corrected chi connectivity index (χ0v) is 17.8. The maximum absolute atomic E-state index is 12.8. The normalized spacial score (nSPS) is 12.6. The first kappa shape index (κ1) is 21.3. The smallest absolute Gasteiger partial charge is 0.387 e. The summed E-state index contributed by atoms with van der Waals surface area (Å²) in [6.07, 6.45) is 8.05. The molecule has 1 aromatic carbocycles. The number of hydrogen-bond donors (Lipinski definition) is 1. The number of nitrogens with zero attached hydrogens (tertiary/aromatic N) is 2. The zero-order valence-electron chi connectivity index (χ0n) is 14.6. The number of rotatable bonds is 8. The third-order valence-corrected chi connectivity index (χ3v) is 6.00. The van der Waals surface area contributed by atoms with E-state index in [9.17, 15) is 8.78 Å². The van der Waals surface area contributed by atoms with Crippen LogP contribution in [-0.4, -0.2) is 47.5 Å². The van der Waals surface area contributed by atoms with E-state index in [1.54, 1.807) is 6.07 Å². The number of hydrogen-bond acceptors (Lipinski definition) is 4. The van der Waals surface area contributed by atoms with Gasteiger partial charge in [0, 0.05) is 21.9 Å². The van der Waals surface area contributed by atoms with Gasteiger partial charge in [0.05, 0.1) is 29.2 Å². The molecule has 10 heteroatoms. The van der Waals surface area contributed by atoms with E-state index in [2.05, 4.69) is 44.5 Å². The third-order valence-electron chi connectivity index (χ3n) is 3.42. The fourth-order valence-electron chi connectivity index (χ4n) is 2.16. The lowest BCUT2D eigenvalue weighted by Crippen LogP contribution is -2.12. The van der Waals surface area contributed by atoms with Gasteiger partial charge in [-0.15, -0.1) is 0 Å². The van der Waals surface area contributed by atoms with Gasteiger partial charge < -0.3 is 15.2 Å². The minimum absolute atomic E-state index is 0.0826. The van der Waals surface area contributed by atoms with E-state index in [1.165, 1.54) is 16.9 Å². The van der Waals surface area contributed by atoms with E-state index in [4.69, 9.17) is 22.1 Å². The Morgan fingerprint density at radius 2 is 2.04 bits per heavy atom. The van der Waals surface area contributed by atoms with E-state index in [-0.39, 0.29) is 17.5 Å². The largest absolute Gasteiger partial charge is 0.434 e. The second kappa shape index (κ2) is 8.77. The summed E-state index contributed by atoms with van der Waals surface area (Å²) >= 11 is 9.30. The van der Waals surface area contributed by atoms with Crippen molar-refractivity contribution in [3.05, 3.63) is 27.8 Å². The van der Waals surface area contributed by atoms with Crippen LogP contribution in [0.25, 0.3) is 11.3 Å². The summed E-state index contributed by atoms with van der Waals surface area (Å²) < 4.78 is 37.9. The van der Waals surface area contributed by atoms with Crippen molar-refractivity contribution in [2.45, 2.75) is 13.3 Å². The molecule has 0 unspecified atom stereocenters. The first-order valence-electron chi connectivity index (χ1n) is 7.58. The Bertz CT molecular complexity index is 769. The van der Waals surface area contributed by atoms with Gasteiger partial charge in [-0.05, 0) is 40.8 Å². The molecule has 0 aliphatic rings. The molecule has 0 aliphatic heterocycles. The zero-order chi connectivity index (χ0) is 19.5. The maximum atomic E-state index is 12.8. The van der Waals surface area contributed by atoms with Crippen LogP contribution in [0.5, 0.6) is 5.75 Å². The number of ether oxygens (including phenoxy) is 2. The van der Waals surface area contributed by atoms with Gasteiger partial charge in [-0.2, -0.15) is 13.9 Å². The fraction of sp³-hybridized carbons (Fsp3) is 0.438. The maximum Gasteiger partial charge on any atom is 0.387 e. The lowest BCUT2D eigenvalue weighted by molar-refractivity contribution is -0.0494. The van der Waals surface area contributed by atoms with Crippen LogP contribution >= 0.6 is 37.6 Å². The van der Waals surface area contributed by atoms with Crippen LogP contribution in [0, 0.1) is 0 Å². The van der Waals surface area contributed by atoms with Gasteiger partial charge in [0.25, 0.3) is 0 Å². The summed E-state index contributed by atoms with van der Waals surface area (Å²) in [5.74, 6) is 0.867. The molecule has 0 amide bonds.